The number of rotatable bonds is 12. The first-order valence-electron chi connectivity index (χ1n) is 17.2. The molecule has 4 rings (SSSR count). The lowest BCUT2D eigenvalue weighted by atomic mass is 9.98. The Morgan fingerprint density at radius 3 is 2.20 bits per heavy atom. The van der Waals surface area contributed by atoms with E-state index in [4.69, 9.17) is 9.78 Å². The molecule has 0 radical (unpaired) electrons. The number of fused-ring (bicyclic) bond motifs is 1. The molecule has 10 heteroatoms. The van der Waals surface area contributed by atoms with Gasteiger partial charge in [-0.2, -0.15) is 0 Å². The number of piperidine rings is 1. The van der Waals surface area contributed by atoms with Crippen LogP contribution >= 0.6 is 11.3 Å². The highest BCUT2D eigenvalue weighted by Crippen LogP contribution is 2.28. The van der Waals surface area contributed by atoms with E-state index >= 15 is 0 Å². The molecule has 46 heavy (non-hydrogen) atoms. The second-order valence-corrected chi connectivity index (χ2v) is 12.7. The number of carbonyl (C=O) groups is 3. The van der Waals surface area contributed by atoms with Crippen molar-refractivity contribution >= 4 is 40.2 Å². The number of likely N-dealkylation sites (N-methyl/N-ethyl adjacent to an activating group) is 1. The van der Waals surface area contributed by atoms with E-state index < -0.39 is 0 Å². The lowest BCUT2D eigenvalue weighted by Crippen LogP contribution is -2.45. The van der Waals surface area contributed by atoms with Crippen molar-refractivity contribution in [2.24, 2.45) is 5.92 Å². The fourth-order valence-corrected chi connectivity index (χ4v) is 6.29. The molecule has 2 heterocycles. The van der Waals surface area contributed by atoms with Crippen molar-refractivity contribution in [3.8, 4) is 0 Å². The van der Waals surface area contributed by atoms with Crippen LogP contribution in [0.4, 0.5) is 0 Å². The van der Waals surface area contributed by atoms with E-state index in [2.05, 4.69) is 58.2 Å². The SMILES string of the molecule is CC.CNC.CNC=O.CNCC(NC(=O)CCc1nc2ccc(C(C)C)cc2s1)C1CCCC1.O=C/C=C/CN1CCCCC1. The summed E-state index contributed by atoms with van der Waals surface area (Å²) in [4.78, 5) is 38.5. The van der Waals surface area contributed by atoms with Gasteiger partial charge in [0.25, 0.3) is 0 Å². The minimum Gasteiger partial charge on any atom is -0.362 e. The van der Waals surface area contributed by atoms with Crippen LogP contribution in [0.5, 0.6) is 0 Å². The van der Waals surface area contributed by atoms with Gasteiger partial charge in [0.2, 0.25) is 12.3 Å². The van der Waals surface area contributed by atoms with Gasteiger partial charge in [0.1, 0.15) is 6.29 Å². The quantitative estimate of drug-likeness (QED) is 0.171. The largest absolute Gasteiger partial charge is 0.362 e. The molecule has 1 aliphatic heterocycles. The van der Waals surface area contributed by atoms with Crippen LogP contribution in [0.25, 0.3) is 10.2 Å². The molecule has 1 aliphatic carbocycles. The van der Waals surface area contributed by atoms with Gasteiger partial charge in [-0.1, -0.05) is 59.1 Å². The predicted octanol–water partition coefficient (Wildman–Crippen LogP) is 5.70. The zero-order chi connectivity index (χ0) is 34.6. The van der Waals surface area contributed by atoms with E-state index in [1.165, 1.54) is 68.3 Å². The second kappa shape index (κ2) is 28.6. The van der Waals surface area contributed by atoms with E-state index in [0.717, 1.165) is 36.3 Å². The van der Waals surface area contributed by atoms with Gasteiger partial charge >= 0.3 is 0 Å². The molecule has 4 N–H and O–H groups in total. The smallest absolute Gasteiger partial charge is 0.220 e. The van der Waals surface area contributed by atoms with Crippen LogP contribution < -0.4 is 21.3 Å². The lowest BCUT2D eigenvalue weighted by Gasteiger charge is -2.24. The summed E-state index contributed by atoms with van der Waals surface area (Å²) in [5, 5.41) is 12.6. The Morgan fingerprint density at radius 1 is 1.02 bits per heavy atom. The third kappa shape index (κ3) is 19.1. The van der Waals surface area contributed by atoms with Gasteiger partial charge < -0.3 is 21.3 Å². The van der Waals surface area contributed by atoms with Crippen molar-refractivity contribution in [2.75, 3.05) is 54.4 Å². The van der Waals surface area contributed by atoms with Crippen LogP contribution in [0.2, 0.25) is 0 Å². The molecule has 2 fully saturated rings. The topological polar surface area (TPSA) is 115 Å². The summed E-state index contributed by atoms with van der Waals surface area (Å²) >= 11 is 1.72. The summed E-state index contributed by atoms with van der Waals surface area (Å²) in [7, 11) is 7.27. The summed E-state index contributed by atoms with van der Waals surface area (Å²) in [6.07, 6.45) is 15.3. The van der Waals surface area contributed by atoms with Crippen LogP contribution in [0.1, 0.15) is 95.6 Å². The third-order valence-electron chi connectivity index (χ3n) is 7.57. The number of hydrogen-bond acceptors (Lipinski definition) is 8. The summed E-state index contributed by atoms with van der Waals surface area (Å²) in [5.74, 6) is 1.30. The second-order valence-electron chi connectivity index (χ2n) is 11.6. The summed E-state index contributed by atoms with van der Waals surface area (Å²) < 4.78 is 1.23. The number of aldehydes is 1. The highest BCUT2D eigenvalue weighted by Gasteiger charge is 2.25. The average Bonchev–Trinajstić information content (AvgIpc) is 3.76. The molecule has 1 saturated heterocycles. The molecule has 2 aliphatic rings. The van der Waals surface area contributed by atoms with Crippen molar-refractivity contribution in [1.82, 2.24) is 31.2 Å². The number of aryl methyl sites for hydroxylation is 1. The zero-order valence-electron chi connectivity index (χ0n) is 30.0. The molecule has 1 atom stereocenters. The lowest BCUT2D eigenvalue weighted by molar-refractivity contribution is -0.122. The fraction of sp³-hybridized carbons (Fsp3) is 0.667. The van der Waals surface area contributed by atoms with Crippen LogP contribution in [0.3, 0.4) is 0 Å². The molecule has 0 spiro atoms. The normalized spacial score (nSPS) is 15.2. The van der Waals surface area contributed by atoms with Crippen LogP contribution in [-0.2, 0) is 20.8 Å². The Hall–Kier alpha value is -2.66. The van der Waals surface area contributed by atoms with Crippen LogP contribution in [0.15, 0.2) is 30.4 Å². The molecular formula is C36H64N6O3S. The molecule has 0 bridgehead atoms. The zero-order valence-corrected chi connectivity index (χ0v) is 30.8. The Labute approximate surface area is 283 Å². The summed E-state index contributed by atoms with van der Waals surface area (Å²) in [6, 6.07) is 6.77. The van der Waals surface area contributed by atoms with E-state index in [1.54, 1.807) is 24.5 Å². The molecule has 2 aromatic rings. The number of nitrogens with one attached hydrogen (secondary N) is 4. The minimum absolute atomic E-state index is 0.152. The maximum atomic E-state index is 12.5. The minimum atomic E-state index is 0.152. The number of allylic oxidation sites excluding steroid dienone is 1. The molecule has 2 amide bonds. The highest BCUT2D eigenvalue weighted by atomic mass is 32.1. The molecule has 1 unspecified atom stereocenters. The van der Waals surface area contributed by atoms with E-state index in [0.29, 0.717) is 24.7 Å². The maximum absolute atomic E-state index is 12.5. The average molecular weight is 661 g/mol. The molecule has 262 valence electrons. The monoisotopic (exact) mass is 660 g/mol. The van der Waals surface area contributed by atoms with Crippen LogP contribution in [0, 0.1) is 5.92 Å². The number of amides is 2. The first kappa shape index (κ1) is 43.3. The molecular weight excluding hydrogens is 597 g/mol. The maximum Gasteiger partial charge on any atom is 0.220 e. The van der Waals surface area contributed by atoms with Crippen molar-refractivity contribution in [1.29, 1.82) is 0 Å². The Morgan fingerprint density at radius 2 is 1.65 bits per heavy atom. The van der Waals surface area contributed by atoms with Crippen molar-refractivity contribution in [3.05, 3.63) is 40.9 Å². The van der Waals surface area contributed by atoms with E-state index in [1.807, 2.05) is 41.1 Å². The summed E-state index contributed by atoms with van der Waals surface area (Å²) in [6.45, 7) is 12.6. The van der Waals surface area contributed by atoms with Crippen molar-refractivity contribution < 1.29 is 14.4 Å². The van der Waals surface area contributed by atoms with Gasteiger partial charge in [-0.15, -0.1) is 11.3 Å². The number of hydrogen-bond donors (Lipinski definition) is 4. The van der Waals surface area contributed by atoms with E-state index in [-0.39, 0.29) is 11.9 Å². The molecule has 9 nitrogen and oxygen atoms in total. The van der Waals surface area contributed by atoms with Crippen LogP contribution in [-0.4, -0.2) is 88.9 Å². The van der Waals surface area contributed by atoms with E-state index in [9.17, 15) is 9.59 Å². The predicted molar refractivity (Wildman–Crippen MR) is 197 cm³/mol. The number of nitrogens with zero attached hydrogens (tertiary/aromatic N) is 2. The summed E-state index contributed by atoms with van der Waals surface area (Å²) in [5.41, 5.74) is 2.39. The van der Waals surface area contributed by atoms with Gasteiger partial charge in [-0.05, 0) is 95.5 Å². The molecule has 1 aromatic heterocycles. The fourth-order valence-electron chi connectivity index (χ4n) is 5.28. The Balaban J connectivity index is 0.000000835. The number of likely N-dealkylation sites (tertiary alicyclic amines) is 1. The third-order valence-corrected chi connectivity index (χ3v) is 8.65. The van der Waals surface area contributed by atoms with Crippen molar-refractivity contribution in [2.45, 2.75) is 97.4 Å². The number of benzene rings is 1. The highest BCUT2D eigenvalue weighted by molar-refractivity contribution is 7.18. The Kier molecular flexibility index (Phi) is 26.9. The number of carbonyl (C=O) groups excluding carboxylic acids is 3. The van der Waals surface area contributed by atoms with Gasteiger partial charge in [-0.25, -0.2) is 4.98 Å². The molecule has 1 saturated carbocycles. The first-order valence-corrected chi connectivity index (χ1v) is 18.0. The molecule has 1 aromatic carbocycles. The van der Waals surface area contributed by atoms with Crippen molar-refractivity contribution in [3.63, 3.8) is 0 Å². The Bertz CT molecular complexity index is 1080. The first-order chi connectivity index (χ1) is 22.3. The number of aromatic nitrogens is 1. The van der Waals surface area contributed by atoms with Gasteiger partial charge in [0, 0.05) is 39.0 Å². The van der Waals surface area contributed by atoms with Gasteiger partial charge in [0.15, 0.2) is 0 Å². The van der Waals surface area contributed by atoms with Gasteiger partial charge in [0.05, 0.1) is 15.2 Å². The standard InChI is InChI=1S/C21H31N3OS.C9H15NO.C2H5NO.C2H7N.C2H6/c1-14(2)16-8-9-17-19(12-16)26-21(24-17)11-10-20(25)23-18(13-22-3)15-6-4-5-7-15;11-9-5-4-8-10-6-2-1-3-7-10;1-3-2-4;1-3-2;1-2/h8-9,12,14-15,18,22H,4-7,10-11,13H2,1-3H3,(H,23,25);4-5,9H,1-3,6-8H2;2H,1H3,(H,3,4);3H,1-2H3;1-2H3/b;5-4+;;;. The number of thiazole rings is 1. The van der Waals surface area contributed by atoms with Gasteiger partial charge in [-0.3, -0.25) is 19.3 Å².